The van der Waals surface area contributed by atoms with E-state index in [0.717, 1.165) is 24.4 Å². The van der Waals surface area contributed by atoms with Crippen LogP contribution in [0.25, 0.3) is 0 Å². The van der Waals surface area contributed by atoms with Crippen LogP contribution in [0.2, 0.25) is 0 Å². The third kappa shape index (κ3) is 5.24. The van der Waals surface area contributed by atoms with Crippen molar-refractivity contribution in [3.63, 3.8) is 0 Å². The highest BCUT2D eigenvalue weighted by molar-refractivity contribution is 4.89. The molecule has 1 nitrogen and oxygen atoms in total. The normalized spacial score (nSPS) is 35.5. The predicted octanol–water partition coefficient (Wildman–Crippen LogP) is 5.74. The Morgan fingerprint density at radius 3 is 1.90 bits per heavy atom. The fourth-order valence-electron chi connectivity index (χ4n) is 4.24. The Labute approximate surface area is 126 Å². The van der Waals surface area contributed by atoms with E-state index in [2.05, 4.69) is 26.0 Å². The molecule has 0 spiro atoms. The fraction of sp³-hybridized carbons (Fsp3) is 0.895. The molecule has 0 aromatic heterocycles. The first-order chi connectivity index (χ1) is 9.81. The minimum Gasteiger partial charge on any atom is -0.379 e. The zero-order valence-corrected chi connectivity index (χ0v) is 13.7. The van der Waals surface area contributed by atoms with Gasteiger partial charge in [0.15, 0.2) is 0 Å². The van der Waals surface area contributed by atoms with E-state index in [9.17, 15) is 0 Å². The summed E-state index contributed by atoms with van der Waals surface area (Å²) in [7, 11) is 0. The quantitative estimate of drug-likeness (QED) is 0.562. The molecule has 2 rings (SSSR count). The molecule has 20 heavy (non-hydrogen) atoms. The van der Waals surface area contributed by atoms with Gasteiger partial charge in [0.05, 0.1) is 6.10 Å². The molecule has 2 aliphatic rings. The molecule has 0 amide bonds. The van der Waals surface area contributed by atoms with Gasteiger partial charge in [-0.2, -0.15) is 0 Å². The van der Waals surface area contributed by atoms with Crippen molar-refractivity contribution in [2.45, 2.75) is 84.2 Å². The van der Waals surface area contributed by atoms with Gasteiger partial charge < -0.3 is 4.74 Å². The first-order valence-electron chi connectivity index (χ1n) is 9.06. The van der Waals surface area contributed by atoms with Gasteiger partial charge >= 0.3 is 0 Å². The van der Waals surface area contributed by atoms with Gasteiger partial charge in [0.25, 0.3) is 0 Å². The minimum absolute atomic E-state index is 0.576. The molecule has 2 aliphatic carbocycles. The molecule has 0 aromatic rings. The van der Waals surface area contributed by atoms with E-state index in [0.29, 0.717) is 6.10 Å². The maximum atomic E-state index is 5.75. The maximum absolute atomic E-state index is 5.75. The average Bonchev–Trinajstić information content (AvgIpc) is 2.49. The lowest BCUT2D eigenvalue weighted by atomic mass is 9.77. The monoisotopic (exact) mass is 278 g/mol. The Morgan fingerprint density at radius 2 is 1.40 bits per heavy atom. The number of hydrogen-bond acceptors (Lipinski definition) is 1. The number of ether oxygens (including phenoxy) is 1. The third-order valence-electron chi connectivity index (χ3n) is 5.54. The Morgan fingerprint density at radius 1 is 0.850 bits per heavy atom. The van der Waals surface area contributed by atoms with E-state index in [1.807, 2.05) is 0 Å². The van der Waals surface area contributed by atoms with Crippen LogP contribution in [0.15, 0.2) is 12.2 Å². The number of hydrogen-bond donors (Lipinski definition) is 0. The highest BCUT2D eigenvalue weighted by Gasteiger charge is 2.24. The molecule has 0 aliphatic heterocycles. The molecular weight excluding hydrogens is 244 g/mol. The van der Waals surface area contributed by atoms with Crippen LogP contribution in [0.5, 0.6) is 0 Å². The Kier molecular flexibility index (Phi) is 7.13. The summed E-state index contributed by atoms with van der Waals surface area (Å²) in [4.78, 5) is 0. The molecule has 0 radical (unpaired) electrons. The van der Waals surface area contributed by atoms with Crippen LogP contribution in [-0.4, -0.2) is 12.7 Å². The highest BCUT2D eigenvalue weighted by Crippen LogP contribution is 2.36. The van der Waals surface area contributed by atoms with E-state index in [1.165, 1.54) is 64.2 Å². The van der Waals surface area contributed by atoms with Crippen LogP contribution in [-0.2, 0) is 4.74 Å². The molecule has 116 valence electrons. The maximum Gasteiger partial charge on any atom is 0.0575 e. The van der Waals surface area contributed by atoms with Gasteiger partial charge in [-0.05, 0) is 83.0 Å². The van der Waals surface area contributed by atoms with E-state index in [4.69, 9.17) is 4.74 Å². The van der Waals surface area contributed by atoms with Gasteiger partial charge in [0.1, 0.15) is 0 Å². The van der Waals surface area contributed by atoms with E-state index < -0.39 is 0 Å². The second-order valence-corrected chi connectivity index (χ2v) is 6.98. The highest BCUT2D eigenvalue weighted by atomic mass is 16.5. The van der Waals surface area contributed by atoms with Gasteiger partial charge in [-0.25, -0.2) is 0 Å². The molecule has 0 N–H and O–H groups in total. The molecule has 0 unspecified atom stereocenters. The summed E-state index contributed by atoms with van der Waals surface area (Å²) in [5.74, 6) is 2.92. The largest absolute Gasteiger partial charge is 0.379 e. The zero-order valence-electron chi connectivity index (χ0n) is 13.7. The topological polar surface area (TPSA) is 9.23 Å². The molecule has 0 heterocycles. The summed E-state index contributed by atoms with van der Waals surface area (Å²) in [5, 5.41) is 0. The van der Waals surface area contributed by atoms with Crippen molar-refractivity contribution >= 4 is 0 Å². The summed E-state index contributed by atoms with van der Waals surface area (Å²) in [5.41, 5.74) is 0. The van der Waals surface area contributed by atoms with Crippen molar-refractivity contribution in [1.82, 2.24) is 0 Å². The first kappa shape index (κ1) is 16.1. The molecule has 0 aromatic carbocycles. The van der Waals surface area contributed by atoms with Gasteiger partial charge in [-0.1, -0.05) is 25.0 Å². The molecule has 0 atom stereocenters. The van der Waals surface area contributed by atoms with Crippen LogP contribution in [0, 0.1) is 17.8 Å². The van der Waals surface area contributed by atoms with Crippen LogP contribution < -0.4 is 0 Å². The molecule has 1 heteroatoms. The smallest absolute Gasteiger partial charge is 0.0575 e. The van der Waals surface area contributed by atoms with Gasteiger partial charge in [0.2, 0.25) is 0 Å². The number of rotatable bonds is 6. The lowest BCUT2D eigenvalue weighted by Gasteiger charge is -2.31. The van der Waals surface area contributed by atoms with E-state index in [-0.39, 0.29) is 0 Å². The molecule has 0 bridgehead atoms. The van der Waals surface area contributed by atoms with Crippen molar-refractivity contribution in [2.75, 3.05) is 6.61 Å². The molecule has 2 fully saturated rings. The van der Waals surface area contributed by atoms with E-state index in [1.54, 1.807) is 0 Å². The van der Waals surface area contributed by atoms with Crippen molar-refractivity contribution in [2.24, 2.45) is 17.8 Å². The summed E-state index contributed by atoms with van der Waals surface area (Å²) < 4.78 is 5.75. The molecule has 2 saturated carbocycles. The van der Waals surface area contributed by atoms with Gasteiger partial charge in [-0.3, -0.25) is 0 Å². The standard InChI is InChI=1S/C19H34O/c1-3-5-16-6-8-17(9-7-16)10-11-18-12-14-19(15-13-18)20-4-2/h3,5,16-19H,4,6-15H2,1-2H3/t16-,17-,18-,19-. The summed E-state index contributed by atoms with van der Waals surface area (Å²) in [6.07, 6.45) is 19.5. The summed E-state index contributed by atoms with van der Waals surface area (Å²) in [6, 6.07) is 0. The second-order valence-electron chi connectivity index (χ2n) is 6.98. The van der Waals surface area contributed by atoms with Crippen LogP contribution in [0.3, 0.4) is 0 Å². The van der Waals surface area contributed by atoms with Crippen molar-refractivity contribution in [1.29, 1.82) is 0 Å². The van der Waals surface area contributed by atoms with Crippen LogP contribution in [0.1, 0.15) is 78.1 Å². The average molecular weight is 278 g/mol. The van der Waals surface area contributed by atoms with Crippen molar-refractivity contribution < 1.29 is 4.74 Å². The third-order valence-corrected chi connectivity index (χ3v) is 5.54. The fourth-order valence-corrected chi connectivity index (χ4v) is 4.24. The van der Waals surface area contributed by atoms with Crippen molar-refractivity contribution in [3.8, 4) is 0 Å². The molecule has 0 saturated heterocycles. The zero-order chi connectivity index (χ0) is 14.2. The SMILES string of the molecule is CC=C[C@H]1CC[C@H](CC[C@H]2CC[C@H](OCC)CC2)CC1. The van der Waals surface area contributed by atoms with Gasteiger partial charge in [0, 0.05) is 6.61 Å². The Balaban J connectivity index is 1.58. The number of allylic oxidation sites excluding steroid dienone is 2. The Bertz CT molecular complexity index is 267. The predicted molar refractivity (Wildman–Crippen MR) is 86.9 cm³/mol. The minimum atomic E-state index is 0.576. The second kappa shape index (κ2) is 8.87. The molecular formula is C19H34O. The first-order valence-corrected chi connectivity index (χ1v) is 9.06. The summed E-state index contributed by atoms with van der Waals surface area (Å²) in [6.45, 7) is 5.17. The lowest BCUT2D eigenvalue weighted by molar-refractivity contribution is 0.0239. The van der Waals surface area contributed by atoms with Crippen LogP contribution in [0.4, 0.5) is 0 Å². The van der Waals surface area contributed by atoms with Crippen molar-refractivity contribution in [3.05, 3.63) is 12.2 Å². The van der Waals surface area contributed by atoms with Gasteiger partial charge in [-0.15, -0.1) is 0 Å². The van der Waals surface area contributed by atoms with E-state index >= 15 is 0 Å². The lowest BCUT2D eigenvalue weighted by Crippen LogP contribution is -2.22. The summed E-state index contributed by atoms with van der Waals surface area (Å²) >= 11 is 0. The Hall–Kier alpha value is -0.300. The van der Waals surface area contributed by atoms with Crippen LogP contribution >= 0.6 is 0 Å².